The topological polar surface area (TPSA) is 66.5 Å². The van der Waals surface area contributed by atoms with Crippen molar-refractivity contribution in [3.63, 3.8) is 0 Å². The van der Waals surface area contributed by atoms with Gasteiger partial charge < -0.3 is 5.32 Å². The monoisotopic (exact) mass is 434 g/mol. The second-order valence-electron chi connectivity index (χ2n) is 7.90. The van der Waals surface area contributed by atoms with E-state index in [0.29, 0.717) is 11.3 Å². The van der Waals surface area contributed by atoms with Crippen LogP contribution in [0.4, 0.5) is 5.69 Å². The number of para-hydroxylation sites is 1. The average molecular weight is 435 g/mol. The second-order valence-corrected chi connectivity index (χ2v) is 9.87. The number of fused-ring (bicyclic) bond motifs is 1. The molecule has 1 unspecified atom stereocenters. The normalized spacial score (nSPS) is 15.7. The minimum atomic E-state index is -3.80. The van der Waals surface area contributed by atoms with Gasteiger partial charge in [-0.2, -0.15) is 0 Å². The van der Waals surface area contributed by atoms with E-state index in [0.717, 1.165) is 30.4 Å². The van der Waals surface area contributed by atoms with E-state index in [1.807, 2.05) is 31.2 Å². The summed E-state index contributed by atoms with van der Waals surface area (Å²) in [5, 5.41) is 3.09. The van der Waals surface area contributed by atoms with Gasteiger partial charge in [-0.3, -0.25) is 9.10 Å². The molecule has 0 saturated carbocycles. The van der Waals surface area contributed by atoms with Crippen LogP contribution in [0.3, 0.4) is 0 Å². The Morgan fingerprint density at radius 2 is 1.74 bits per heavy atom. The lowest BCUT2D eigenvalue weighted by atomic mass is 9.87. The SMILES string of the molecule is Cc1ccccc1N(C)S(=O)(=O)c1cccc(C(=O)NC2CCCc3ccccc32)c1. The maximum Gasteiger partial charge on any atom is 0.264 e. The second kappa shape index (κ2) is 8.55. The molecule has 4 rings (SSSR count). The summed E-state index contributed by atoms with van der Waals surface area (Å²) in [7, 11) is -2.27. The number of benzene rings is 3. The first-order valence-electron chi connectivity index (χ1n) is 10.4. The average Bonchev–Trinajstić information content (AvgIpc) is 2.79. The predicted molar refractivity (Wildman–Crippen MR) is 123 cm³/mol. The van der Waals surface area contributed by atoms with Crippen LogP contribution in [0.15, 0.2) is 77.7 Å². The van der Waals surface area contributed by atoms with Gasteiger partial charge in [0.25, 0.3) is 15.9 Å². The zero-order valence-electron chi connectivity index (χ0n) is 17.7. The third-order valence-corrected chi connectivity index (χ3v) is 7.65. The van der Waals surface area contributed by atoms with Gasteiger partial charge in [-0.25, -0.2) is 8.42 Å². The standard InChI is InChI=1S/C25H26N2O3S/c1-18-9-3-6-16-24(18)27(2)31(29,30)21-13-7-12-20(17-21)25(28)26-23-15-8-11-19-10-4-5-14-22(19)23/h3-7,9-10,12-14,16-17,23H,8,11,15H2,1-2H3,(H,26,28). The van der Waals surface area contributed by atoms with Gasteiger partial charge in [0, 0.05) is 12.6 Å². The van der Waals surface area contributed by atoms with Crippen LogP contribution in [0.25, 0.3) is 0 Å². The Hall–Kier alpha value is -3.12. The number of hydrogen-bond donors (Lipinski definition) is 1. The molecule has 1 aliphatic rings. The molecule has 0 aliphatic heterocycles. The third-order valence-electron chi connectivity index (χ3n) is 5.88. The molecule has 6 heteroatoms. The highest BCUT2D eigenvalue weighted by Gasteiger charge is 2.25. The van der Waals surface area contributed by atoms with Gasteiger partial charge in [-0.15, -0.1) is 0 Å². The largest absolute Gasteiger partial charge is 0.345 e. The minimum Gasteiger partial charge on any atom is -0.345 e. The van der Waals surface area contributed by atoms with Crippen molar-refractivity contribution >= 4 is 21.6 Å². The maximum atomic E-state index is 13.2. The number of sulfonamides is 1. The molecule has 0 aromatic heterocycles. The molecule has 3 aromatic carbocycles. The van der Waals surface area contributed by atoms with Crippen LogP contribution >= 0.6 is 0 Å². The molecule has 0 heterocycles. The number of carbonyl (C=O) groups is 1. The van der Waals surface area contributed by atoms with Gasteiger partial charge in [0.05, 0.1) is 16.6 Å². The van der Waals surface area contributed by atoms with Crippen molar-refractivity contribution in [2.24, 2.45) is 0 Å². The van der Waals surface area contributed by atoms with Crippen LogP contribution in [-0.2, 0) is 16.4 Å². The van der Waals surface area contributed by atoms with Crippen molar-refractivity contribution < 1.29 is 13.2 Å². The molecule has 1 amide bonds. The van der Waals surface area contributed by atoms with Crippen LogP contribution < -0.4 is 9.62 Å². The molecule has 1 aliphatic carbocycles. The van der Waals surface area contributed by atoms with E-state index >= 15 is 0 Å². The number of anilines is 1. The molecule has 31 heavy (non-hydrogen) atoms. The lowest BCUT2D eigenvalue weighted by molar-refractivity contribution is 0.0932. The fourth-order valence-electron chi connectivity index (χ4n) is 4.15. The van der Waals surface area contributed by atoms with Crippen LogP contribution in [0.2, 0.25) is 0 Å². The van der Waals surface area contributed by atoms with E-state index in [4.69, 9.17) is 0 Å². The highest BCUT2D eigenvalue weighted by Crippen LogP contribution is 2.30. The molecule has 160 valence electrons. The smallest absolute Gasteiger partial charge is 0.264 e. The zero-order valence-corrected chi connectivity index (χ0v) is 18.5. The first kappa shape index (κ1) is 21.1. The fraction of sp³-hybridized carbons (Fsp3) is 0.240. The lowest BCUT2D eigenvalue weighted by Crippen LogP contribution is -2.31. The molecule has 1 atom stereocenters. The zero-order chi connectivity index (χ0) is 22.0. The molecule has 0 radical (unpaired) electrons. The number of amides is 1. The number of hydrogen-bond acceptors (Lipinski definition) is 3. The van der Waals surface area contributed by atoms with Crippen LogP contribution in [0, 0.1) is 6.92 Å². The van der Waals surface area contributed by atoms with Gasteiger partial charge in [-0.1, -0.05) is 48.5 Å². The van der Waals surface area contributed by atoms with Crippen molar-refractivity contribution in [1.29, 1.82) is 0 Å². The molecule has 0 fully saturated rings. The van der Waals surface area contributed by atoms with E-state index < -0.39 is 10.0 Å². The molecule has 0 saturated heterocycles. The molecule has 0 bridgehead atoms. The first-order valence-corrected chi connectivity index (χ1v) is 11.9. The van der Waals surface area contributed by atoms with Gasteiger partial charge >= 0.3 is 0 Å². The number of carbonyl (C=O) groups excluding carboxylic acids is 1. The lowest BCUT2D eigenvalue weighted by Gasteiger charge is -2.26. The van der Waals surface area contributed by atoms with Gasteiger partial charge in [0.2, 0.25) is 0 Å². The number of aryl methyl sites for hydroxylation is 2. The number of rotatable bonds is 5. The highest BCUT2D eigenvalue weighted by molar-refractivity contribution is 7.92. The molecule has 1 N–H and O–H groups in total. The molecule has 3 aromatic rings. The van der Waals surface area contributed by atoms with Gasteiger partial charge in [0.1, 0.15) is 0 Å². The van der Waals surface area contributed by atoms with Crippen LogP contribution in [0.1, 0.15) is 45.9 Å². The summed E-state index contributed by atoms with van der Waals surface area (Å²) in [5.74, 6) is -0.266. The summed E-state index contributed by atoms with van der Waals surface area (Å²) in [6.45, 7) is 1.87. The summed E-state index contributed by atoms with van der Waals surface area (Å²) in [4.78, 5) is 13.1. The predicted octanol–water partition coefficient (Wildman–Crippen LogP) is 4.63. The molecular weight excluding hydrogens is 408 g/mol. The van der Waals surface area contributed by atoms with Crippen molar-refractivity contribution in [2.45, 2.75) is 37.1 Å². The van der Waals surface area contributed by atoms with Crippen molar-refractivity contribution in [3.8, 4) is 0 Å². The Bertz CT molecular complexity index is 1220. The maximum absolute atomic E-state index is 13.2. The van der Waals surface area contributed by atoms with Crippen molar-refractivity contribution in [2.75, 3.05) is 11.4 Å². The van der Waals surface area contributed by atoms with E-state index in [1.54, 1.807) is 24.3 Å². The summed E-state index contributed by atoms with van der Waals surface area (Å²) < 4.78 is 27.7. The summed E-state index contributed by atoms with van der Waals surface area (Å²) >= 11 is 0. The Labute approximate surface area is 183 Å². The van der Waals surface area contributed by atoms with Crippen molar-refractivity contribution in [3.05, 3.63) is 95.1 Å². The van der Waals surface area contributed by atoms with Crippen LogP contribution in [-0.4, -0.2) is 21.4 Å². The Kier molecular flexibility index (Phi) is 5.83. The molecule has 0 spiro atoms. The Morgan fingerprint density at radius 3 is 2.55 bits per heavy atom. The third kappa shape index (κ3) is 4.21. The summed E-state index contributed by atoms with van der Waals surface area (Å²) in [5.41, 5.74) is 4.21. The fourth-order valence-corrected chi connectivity index (χ4v) is 5.45. The van der Waals surface area contributed by atoms with E-state index in [9.17, 15) is 13.2 Å². The number of nitrogens with one attached hydrogen (secondary N) is 1. The van der Waals surface area contributed by atoms with Crippen molar-refractivity contribution in [1.82, 2.24) is 5.32 Å². The Morgan fingerprint density at radius 1 is 1.00 bits per heavy atom. The van der Waals surface area contributed by atoms with Crippen LogP contribution in [0.5, 0.6) is 0 Å². The quantitative estimate of drug-likeness (QED) is 0.637. The molecular formula is C25H26N2O3S. The van der Waals surface area contributed by atoms with Gasteiger partial charge in [0.15, 0.2) is 0 Å². The minimum absolute atomic E-state index is 0.0626. The summed E-state index contributed by atoms with van der Waals surface area (Å²) in [6.07, 6.45) is 2.90. The van der Waals surface area contributed by atoms with E-state index in [2.05, 4.69) is 17.4 Å². The first-order chi connectivity index (χ1) is 14.9. The number of nitrogens with zero attached hydrogens (tertiary/aromatic N) is 1. The Balaban J connectivity index is 1.59. The van der Waals surface area contributed by atoms with Gasteiger partial charge in [-0.05, 0) is 67.1 Å². The van der Waals surface area contributed by atoms with E-state index in [1.165, 1.54) is 29.0 Å². The van der Waals surface area contributed by atoms with E-state index in [-0.39, 0.29) is 16.8 Å². The highest BCUT2D eigenvalue weighted by atomic mass is 32.2. The molecule has 5 nitrogen and oxygen atoms in total. The summed E-state index contributed by atoms with van der Waals surface area (Å²) in [6, 6.07) is 21.6.